The number of aromatic nitrogens is 3. The lowest BCUT2D eigenvalue weighted by Gasteiger charge is -2.18. The highest BCUT2D eigenvalue weighted by molar-refractivity contribution is 6.30. The molecule has 1 atom stereocenters. The van der Waals surface area contributed by atoms with Gasteiger partial charge in [0.2, 0.25) is 0 Å². The molecule has 0 amide bonds. The molecule has 0 aliphatic carbocycles. The number of benzene rings is 1. The first-order valence-corrected chi connectivity index (χ1v) is 7.68. The van der Waals surface area contributed by atoms with Gasteiger partial charge in [0, 0.05) is 17.6 Å². The monoisotopic (exact) mass is 306 g/mol. The van der Waals surface area contributed by atoms with E-state index >= 15 is 0 Å². The summed E-state index contributed by atoms with van der Waals surface area (Å²) in [5.74, 6) is 0. The normalized spacial score (nSPS) is 13.4. The molecule has 5 heteroatoms. The number of nitrogens with one attached hydrogen (secondary N) is 1. The van der Waals surface area contributed by atoms with Crippen molar-refractivity contribution in [1.82, 2.24) is 20.3 Å². The zero-order chi connectivity index (χ0) is 15.5. The topological polar surface area (TPSA) is 42.7 Å². The molecule has 1 N–H and O–H groups in total. The van der Waals surface area contributed by atoms with Crippen molar-refractivity contribution in [1.29, 1.82) is 0 Å². The fourth-order valence-corrected chi connectivity index (χ4v) is 2.35. The van der Waals surface area contributed by atoms with Crippen LogP contribution in [0.25, 0.3) is 0 Å². The summed E-state index contributed by atoms with van der Waals surface area (Å²) in [7, 11) is 0. The maximum absolute atomic E-state index is 6.06. The van der Waals surface area contributed by atoms with Crippen LogP contribution in [0.1, 0.15) is 51.4 Å². The molecule has 0 aliphatic rings. The van der Waals surface area contributed by atoms with E-state index in [2.05, 4.69) is 49.4 Å². The molecule has 0 saturated heterocycles. The van der Waals surface area contributed by atoms with Crippen LogP contribution in [0.5, 0.6) is 0 Å². The molecule has 0 saturated carbocycles. The molecule has 114 valence electrons. The van der Waals surface area contributed by atoms with Gasteiger partial charge in [0.15, 0.2) is 0 Å². The third-order valence-electron chi connectivity index (χ3n) is 3.42. The van der Waals surface area contributed by atoms with E-state index in [9.17, 15) is 0 Å². The van der Waals surface area contributed by atoms with Crippen LogP contribution in [0, 0.1) is 0 Å². The number of nitrogens with zero attached hydrogens (tertiary/aromatic N) is 3. The average Bonchev–Trinajstić information content (AvgIpc) is 2.88. The van der Waals surface area contributed by atoms with Crippen LogP contribution in [0.2, 0.25) is 5.02 Å². The van der Waals surface area contributed by atoms with Crippen LogP contribution in [0.4, 0.5) is 0 Å². The van der Waals surface area contributed by atoms with Gasteiger partial charge in [0.1, 0.15) is 0 Å². The molecule has 1 aromatic carbocycles. The highest BCUT2D eigenvalue weighted by atomic mass is 35.5. The summed E-state index contributed by atoms with van der Waals surface area (Å²) in [4.78, 5) is 0. The quantitative estimate of drug-likeness (QED) is 0.910. The first-order valence-electron chi connectivity index (χ1n) is 7.30. The smallest absolute Gasteiger partial charge is 0.0965 e. The molecule has 0 aliphatic heterocycles. The van der Waals surface area contributed by atoms with Crippen molar-refractivity contribution < 1.29 is 0 Å². The van der Waals surface area contributed by atoms with Crippen molar-refractivity contribution in [2.24, 2.45) is 0 Å². The van der Waals surface area contributed by atoms with Gasteiger partial charge in [-0.05, 0) is 44.9 Å². The van der Waals surface area contributed by atoms with Crippen LogP contribution in [0.15, 0.2) is 30.5 Å². The third-order valence-corrected chi connectivity index (χ3v) is 3.65. The average molecular weight is 307 g/mol. The van der Waals surface area contributed by atoms with E-state index in [1.54, 1.807) is 0 Å². The first-order chi connectivity index (χ1) is 9.90. The number of hydrogen-bond donors (Lipinski definition) is 1. The Labute approximate surface area is 131 Å². The van der Waals surface area contributed by atoms with E-state index in [1.165, 1.54) is 5.56 Å². The molecule has 0 radical (unpaired) electrons. The summed E-state index contributed by atoms with van der Waals surface area (Å²) in [6, 6.07) is 8.25. The minimum atomic E-state index is -0.0393. The lowest BCUT2D eigenvalue weighted by molar-refractivity contribution is 0.346. The Morgan fingerprint density at radius 2 is 2.10 bits per heavy atom. The molecular weight excluding hydrogens is 284 g/mol. The predicted octanol–water partition coefficient (Wildman–Crippen LogP) is 3.93. The fourth-order valence-electron chi connectivity index (χ4n) is 2.16. The van der Waals surface area contributed by atoms with Crippen LogP contribution >= 0.6 is 11.6 Å². The summed E-state index contributed by atoms with van der Waals surface area (Å²) < 4.78 is 1.89. The highest BCUT2D eigenvalue weighted by Gasteiger charge is 2.16. The Bertz CT molecular complexity index is 586. The largest absolute Gasteiger partial charge is 0.304 e. The van der Waals surface area contributed by atoms with Crippen molar-refractivity contribution in [3.8, 4) is 0 Å². The number of hydrogen-bond acceptors (Lipinski definition) is 3. The standard InChI is InChI=1S/C16H23ClN4/c1-5-15(12-7-6-8-13(17)9-12)18-10-14-11-21(20-19-14)16(2,3)4/h6-9,11,15,18H,5,10H2,1-4H3. The maximum atomic E-state index is 6.06. The predicted molar refractivity (Wildman–Crippen MR) is 86.3 cm³/mol. The van der Waals surface area contributed by atoms with Crippen LogP contribution in [0.3, 0.4) is 0 Å². The van der Waals surface area contributed by atoms with Gasteiger partial charge in [-0.1, -0.05) is 35.9 Å². The summed E-state index contributed by atoms with van der Waals surface area (Å²) in [6.07, 6.45) is 2.99. The molecule has 0 fully saturated rings. The SMILES string of the molecule is CCC(NCc1cn(C(C)(C)C)nn1)c1cccc(Cl)c1. The summed E-state index contributed by atoms with van der Waals surface area (Å²) in [5, 5.41) is 12.7. The highest BCUT2D eigenvalue weighted by Crippen LogP contribution is 2.20. The molecule has 4 nitrogen and oxygen atoms in total. The molecule has 1 aromatic heterocycles. The van der Waals surface area contributed by atoms with Gasteiger partial charge >= 0.3 is 0 Å². The van der Waals surface area contributed by atoms with Crippen molar-refractivity contribution in [3.63, 3.8) is 0 Å². The second-order valence-corrected chi connectivity index (χ2v) is 6.66. The zero-order valence-electron chi connectivity index (χ0n) is 13.1. The Morgan fingerprint density at radius 1 is 1.33 bits per heavy atom. The Balaban J connectivity index is 2.02. The third kappa shape index (κ3) is 4.29. The van der Waals surface area contributed by atoms with Gasteiger partial charge in [0.25, 0.3) is 0 Å². The van der Waals surface area contributed by atoms with E-state index in [4.69, 9.17) is 11.6 Å². The Morgan fingerprint density at radius 3 is 2.67 bits per heavy atom. The molecule has 1 unspecified atom stereocenters. The molecule has 2 aromatic rings. The van der Waals surface area contributed by atoms with E-state index in [0.29, 0.717) is 6.54 Å². The van der Waals surface area contributed by atoms with Gasteiger partial charge in [-0.2, -0.15) is 0 Å². The van der Waals surface area contributed by atoms with Gasteiger partial charge in [-0.15, -0.1) is 5.10 Å². The molecule has 21 heavy (non-hydrogen) atoms. The second kappa shape index (κ2) is 6.58. The van der Waals surface area contributed by atoms with Crippen molar-refractivity contribution in [2.75, 3.05) is 0 Å². The van der Waals surface area contributed by atoms with E-state index in [1.807, 2.05) is 29.1 Å². The van der Waals surface area contributed by atoms with E-state index in [0.717, 1.165) is 17.1 Å². The fraction of sp³-hybridized carbons (Fsp3) is 0.500. The Kier molecular flexibility index (Phi) is 5.01. The Hall–Kier alpha value is -1.39. The first kappa shape index (κ1) is 16.0. The summed E-state index contributed by atoms with van der Waals surface area (Å²) in [5.41, 5.74) is 2.11. The lowest BCUT2D eigenvalue weighted by atomic mass is 10.0. The number of rotatable bonds is 5. The van der Waals surface area contributed by atoms with Gasteiger partial charge < -0.3 is 5.32 Å². The van der Waals surface area contributed by atoms with Crippen LogP contribution < -0.4 is 5.32 Å². The van der Waals surface area contributed by atoms with Gasteiger partial charge in [0.05, 0.1) is 17.4 Å². The molecule has 2 rings (SSSR count). The van der Waals surface area contributed by atoms with Gasteiger partial charge in [-0.3, -0.25) is 0 Å². The minimum absolute atomic E-state index is 0.0393. The van der Waals surface area contributed by atoms with Gasteiger partial charge in [-0.25, -0.2) is 4.68 Å². The molecule has 0 bridgehead atoms. The minimum Gasteiger partial charge on any atom is -0.304 e. The lowest BCUT2D eigenvalue weighted by Crippen LogP contribution is -2.22. The summed E-state index contributed by atoms with van der Waals surface area (Å²) >= 11 is 6.06. The van der Waals surface area contributed by atoms with Crippen molar-refractivity contribution >= 4 is 11.6 Å². The van der Waals surface area contributed by atoms with Crippen molar-refractivity contribution in [3.05, 3.63) is 46.7 Å². The molecular formula is C16H23ClN4. The zero-order valence-corrected chi connectivity index (χ0v) is 13.9. The molecule has 0 spiro atoms. The summed E-state index contributed by atoms with van der Waals surface area (Å²) in [6.45, 7) is 9.19. The van der Waals surface area contributed by atoms with E-state index < -0.39 is 0 Å². The van der Waals surface area contributed by atoms with Crippen LogP contribution in [-0.4, -0.2) is 15.0 Å². The maximum Gasteiger partial charge on any atom is 0.0965 e. The molecule has 1 heterocycles. The second-order valence-electron chi connectivity index (χ2n) is 6.22. The van der Waals surface area contributed by atoms with Crippen LogP contribution in [-0.2, 0) is 12.1 Å². The number of halogens is 1. The van der Waals surface area contributed by atoms with Crippen molar-refractivity contribution in [2.45, 2.75) is 52.2 Å². The van der Waals surface area contributed by atoms with E-state index in [-0.39, 0.29) is 11.6 Å².